The number of nitrogens with one attached hydrogen (secondary N) is 1. The predicted octanol–water partition coefficient (Wildman–Crippen LogP) is 6.13. The molecule has 0 aliphatic rings. The normalized spacial score (nSPS) is 11.4. The van der Waals surface area contributed by atoms with Crippen molar-refractivity contribution in [2.75, 3.05) is 5.32 Å². The van der Waals surface area contributed by atoms with Crippen molar-refractivity contribution in [2.45, 2.75) is 26.4 Å². The van der Waals surface area contributed by atoms with Crippen LogP contribution in [-0.2, 0) is 17.9 Å². The van der Waals surface area contributed by atoms with E-state index in [1.165, 1.54) is 22.9 Å². The van der Waals surface area contributed by atoms with Crippen LogP contribution in [0.3, 0.4) is 0 Å². The van der Waals surface area contributed by atoms with E-state index in [0.717, 1.165) is 5.56 Å². The maximum atomic E-state index is 14.0. The number of anilines is 1. The topological polar surface area (TPSA) is 77.6 Å². The van der Waals surface area contributed by atoms with Gasteiger partial charge in [0.05, 0.1) is 27.8 Å². The maximum Gasteiger partial charge on any atom is 0.264 e. The van der Waals surface area contributed by atoms with Gasteiger partial charge >= 0.3 is 0 Å². The van der Waals surface area contributed by atoms with Crippen LogP contribution in [0.2, 0.25) is 0 Å². The molecule has 0 fully saturated rings. The van der Waals surface area contributed by atoms with E-state index >= 15 is 0 Å². The molecule has 0 spiro atoms. The van der Waals surface area contributed by atoms with Crippen molar-refractivity contribution in [2.24, 2.45) is 0 Å². The van der Waals surface area contributed by atoms with Gasteiger partial charge in [0, 0.05) is 17.3 Å². The lowest BCUT2D eigenvalue weighted by Gasteiger charge is -2.09. The Morgan fingerprint density at radius 2 is 1.81 bits per heavy atom. The van der Waals surface area contributed by atoms with Gasteiger partial charge < -0.3 is 5.32 Å². The lowest BCUT2D eigenvalue weighted by molar-refractivity contribution is -0.116. The number of carbonyl (C=O) groups is 1. The van der Waals surface area contributed by atoms with E-state index in [1.54, 1.807) is 54.2 Å². The molecule has 37 heavy (non-hydrogen) atoms. The number of amides is 1. The Balaban J connectivity index is 1.41. The quantitative estimate of drug-likeness (QED) is 0.256. The molecule has 7 nitrogen and oxygen atoms in total. The van der Waals surface area contributed by atoms with Crippen LogP contribution in [0.15, 0.2) is 71.3 Å². The molecule has 1 N–H and O–H groups in total. The summed E-state index contributed by atoms with van der Waals surface area (Å²) in [7, 11) is 0. The second-order valence-electron chi connectivity index (χ2n) is 8.40. The molecule has 0 radical (unpaired) electrons. The van der Waals surface area contributed by atoms with Gasteiger partial charge in [0.1, 0.15) is 12.4 Å². The van der Waals surface area contributed by atoms with E-state index in [-0.39, 0.29) is 34.8 Å². The van der Waals surface area contributed by atoms with E-state index in [1.807, 2.05) is 6.07 Å². The fourth-order valence-corrected chi connectivity index (χ4v) is 4.49. The summed E-state index contributed by atoms with van der Waals surface area (Å²) in [6, 6.07) is 16.4. The average Bonchev–Trinajstić information content (AvgIpc) is 3.38. The smallest absolute Gasteiger partial charge is 0.264 e. The number of aromatic nitrogens is 5. The highest BCUT2D eigenvalue weighted by molar-refractivity contribution is 9.10. The molecule has 0 atom stereocenters. The van der Waals surface area contributed by atoms with Crippen molar-refractivity contribution in [1.29, 1.82) is 0 Å². The summed E-state index contributed by atoms with van der Waals surface area (Å²) in [5.74, 6) is -0.500. The minimum atomic E-state index is -2.74. The first-order valence-corrected chi connectivity index (χ1v) is 12.1. The summed E-state index contributed by atoms with van der Waals surface area (Å²) in [4.78, 5) is 17.5. The minimum Gasteiger partial charge on any atom is -0.307 e. The molecule has 0 saturated carbocycles. The second-order valence-corrected chi connectivity index (χ2v) is 9.26. The van der Waals surface area contributed by atoms with Crippen molar-refractivity contribution in [3.63, 3.8) is 0 Å². The standard InChI is InChI=1S/C26H20BrF3N6O/c1-15-23-19(24(29)30)11-21(17-5-3-2-4-6-17)31-26(23)36(33-15)14-22(37)32-25-20(27)13-35(34-25)12-16-7-9-18(28)10-8-16/h2-11,13,24H,12,14H2,1H3,(H,32,34,37). The molecule has 0 saturated heterocycles. The van der Waals surface area contributed by atoms with Crippen LogP contribution < -0.4 is 5.32 Å². The van der Waals surface area contributed by atoms with Crippen LogP contribution in [0.5, 0.6) is 0 Å². The van der Waals surface area contributed by atoms with Gasteiger partial charge in [-0.25, -0.2) is 22.8 Å². The number of pyridine rings is 1. The summed E-state index contributed by atoms with van der Waals surface area (Å²) in [6.45, 7) is 1.73. The number of carbonyl (C=O) groups excluding carboxylic acids is 1. The van der Waals surface area contributed by atoms with Crippen LogP contribution in [0.1, 0.15) is 23.2 Å². The molecule has 1 amide bonds. The second kappa shape index (κ2) is 10.2. The number of nitrogens with zero attached hydrogens (tertiary/aromatic N) is 5. The number of hydrogen-bond donors (Lipinski definition) is 1. The number of alkyl halides is 2. The molecular formula is C26H20BrF3N6O. The Hall–Kier alpha value is -3.99. The summed E-state index contributed by atoms with van der Waals surface area (Å²) in [5, 5.41) is 11.6. The Kier molecular flexibility index (Phi) is 6.79. The molecule has 0 bridgehead atoms. The molecular weight excluding hydrogens is 549 g/mol. The third-order valence-corrected chi connectivity index (χ3v) is 6.32. The molecule has 5 aromatic rings. The van der Waals surface area contributed by atoms with Gasteiger partial charge in [0.25, 0.3) is 6.43 Å². The molecule has 11 heteroatoms. The Morgan fingerprint density at radius 3 is 2.51 bits per heavy atom. The fraction of sp³-hybridized carbons (Fsp3) is 0.154. The lowest BCUT2D eigenvalue weighted by atomic mass is 10.1. The van der Waals surface area contributed by atoms with Crippen molar-refractivity contribution >= 4 is 38.7 Å². The molecule has 188 valence electrons. The first-order valence-electron chi connectivity index (χ1n) is 11.3. The zero-order valence-corrected chi connectivity index (χ0v) is 21.1. The third-order valence-electron chi connectivity index (χ3n) is 5.74. The molecule has 0 unspecified atom stereocenters. The van der Waals surface area contributed by atoms with Gasteiger partial charge in [0.2, 0.25) is 5.91 Å². The maximum absolute atomic E-state index is 14.0. The van der Waals surface area contributed by atoms with Crippen LogP contribution in [0.25, 0.3) is 22.3 Å². The fourth-order valence-electron chi connectivity index (χ4n) is 4.07. The highest BCUT2D eigenvalue weighted by Crippen LogP contribution is 2.33. The van der Waals surface area contributed by atoms with Crippen molar-refractivity contribution < 1.29 is 18.0 Å². The minimum absolute atomic E-state index is 0.185. The number of halogens is 4. The van der Waals surface area contributed by atoms with E-state index in [4.69, 9.17) is 0 Å². The molecule has 3 heterocycles. The van der Waals surface area contributed by atoms with Gasteiger partial charge in [-0.1, -0.05) is 42.5 Å². The van der Waals surface area contributed by atoms with Crippen LogP contribution in [0.4, 0.5) is 19.0 Å². The first-order chi connectivity index (χ1) is 17.8. The summed E-state index contributed by atoms with van der Waals surface area (Å²) in [5.41, 5.74) is 2.25. The monoisotopic (exact) mass is 568 g/mol. The number of aryl methyl sites for hydroxylation is 1. The Morgan fingerprint density at radius 1 is 1.08 bits per heavy atom. The van der Waals surface area contributed by atoms with Gasteiger partial charge in [-0.3, -0.25) is 9.48 Å². The van der Waals surface area contributed by atoms with E-state index in [2.05, 4.69) is 36.4 Å². The van der Waals surface area contributed by atoms with Crippen LogP contribution in [0, 0.1) is 12.7 Å². The summed E-state index contributed by atoms with van der Waals surface area (Å²) in [6.07, 6.45) is -1.05. The van der Waals surface area contributed by atoms with E-state index in [0.29, 0.717) is 28.0 Å². The highest BCUT2D eigenvalue weighted by Gasteiger charge is 2.22. The molecule has 0 aliphatic heterocycles. The summed E-state index contributed by atoms with van der Waals surface area (Å²) < 4.78 is 44.6. The number of hydrogen-bond acceptors (Lipinski definition) is 4. The van der Waals surface area contributed by atoms with Crippen LogP contribution >= 0.6 is 15.9 Å². The first kappa shape index (κ1) is 24.7. The third kappa shape index (κ3) is 5.26. The predicted molar refractivity (Wildman–Crippen MR) is 137 cm³/mol. The molecule has 3 aromatic heterocycles. The van der Waals surface area contributed by atoms with Crippen LogP contribution in [-0.4, -0.2) is 30.5 Å². The SMILES string of the molecule is Cc1nn(CC(=O)Nc2nn(Cc3ccc(F)cc3)cc2Br)c2nc(-c3ccccc3)cc(C(F)F)c12. The number of benzene rings is 2. The number of fused-ring (bicyclic) bond motifs is 1. The van der Waals surface area contributed by atoms with Gasteiger partial charge in [-0.15, -0.1) is 0 Å². The lowest BCUT2D eigenvalue weighted by Crippen LogP contribution is -2.20. The summed E-state index contributed by atoms with van der Waals surface area (Å²) >= 11 is 3.38. The molecule has 0 aliphatic carbocycles. The number of rotatable bonds is 7. The van der Waals surface area contributed by atoms with Gasteiger partial charge in [-0.05, 0) is 46.6 Å². The van der Waals surface area contributed by atoms with Crippen molar-refractivity contribution in [3.05, 3.63) is 94.0 Å². The van der Waals surface area contributed by atoms with Crippen molar-refractivity contribution in [1.82, 2.24) is 24.5 Å². The van der Waals surface area contributed by atoms with Crippen molar-refractivity contribution in [3.8, 4) is 11.3 Å². The highest BCUT2D eigenvalue weighted by atomic mass is 79.9. The Bertz CT molecular complexity index is 1580. The largest absolute Gasteiger partial charge is 0.307 e. The zero-order chi connectivity index (χ0) is 26.1. The van der Waals surface area contributed by atoms with Gasteiger partial charge in [0.15, 0.2) is 11.5 Å². The molecule has 5 rings (SSSR count). The average molecular weight is 569 g/mol. The van der Waals surface area contributed by atoms with E-state index in [9.17, 15) is 18.0 Å². The molecule has 2 aromatic carbocycles. The zero-order valence-electron chi connectivity index (χ0n) is 19.5. The van der Waals surface area contributed by atoms with E-state index < -0.39 is 12.3 Å². The Labute approximate surface area is 218 Å². The van der Waals surface area contributed by atoms with Gasteiger partial charge in [-0.2, -0.15) is 10.2 Å².